The molecule has 1 aromatic heterocycles. The number of nitrogens with one attached hydrogen (secondary N) is 1. The van der Waals surface area contributed by atoms with Gasteiger partial charge in [-0.2, -0.15) is 0 Å². The van der Waals surface area contributed by atoms with Crippen molar-refractivity contribution in [1.29, 1.82) is 0 Å². The van der Waals surface area contributed by atoms with E-state index in [0.717, 1.165) is 26.2 Å². The molecule has 106 valence electrons. The average Bonchev–Trinajstić information content (AvgIpc) is 3.12. The molecule has 2 aromatic rings. The zero-order valence-corrected chi connectivity index (χ0v) is 11.8. The predicted molar refractivity (Wildman–Crippen MR) is 79.8 cm³/mol. The number of rotatable bonds is 5. The molecule has 2 atom stereocenters. The molecule has 1 fully saturated rings. The minimum Gasteiger partial charge on any atom is -0.382 e. The Bertz CT molecular complexity index is 532. The van der Waals surface area contributed by atoms with Crippen LogP contribution in [-0.2, 0) is 11.3 Å². The molecule has 1 aliphatic rings. The largest absolute Gasteiger partial charge is 0.382 e. The first-order valence-electron chi connectivity index (χ1n) is 7.20. The summed E-state index contributed by atoms with van der Waals surface area (Å²) in [7, 11) is 0. The van der Waals surface area contributed by atoms with Crippen LogP contribution in [0.25, 0.3) is 0 Å². The average molecular weight is 271 g/mol. The first-order chi connectivity index (χ1) is 9.81. The fourth-order valence-electron chi connectivity index (χ4n) is 2.68. The maximum absolute atomic E-state index is 5.46. The molecule has 0 saturated carbocycles. The summed E-state index contributed by atoms with van der Waals surface area (Å²) in [5, 5.41) is 3.60. The van der Waals surface area contributed by atoms with Crippen LogP contribution in [0.5, 0.6) is 0 Å². The Kier molecular flexibility index (Phi) is 4.02. The van der Waals surface area contributed by atoms with Gasteiger partial charge >= 0.3 is 0 Å². The van der Waals surface area contributed by atoms with Gasteiger partial charge in [-0.3, -0.25) is 0 Å². The van der Waals surface area contributed by atoms with E-state index in [1.54, 1.807) is 0 Å². The topological polar surface area (TPSA) is 39.1 Å². The molecule has 0 amide bonds. The third-order valence-corrected chi connectivity index (χ3v) is 3.92. The molecule has 4 heteroatoms. The second-order valence-electron chi connectivity index (χ2n) is 5.49. The normalized spacial score (nSPS) is 19.9. The molecule has 0 spiro atoms. The summed E-state index contributed by atoms with van der Waals surface area (Å²) in [6.07, 6.45) is 6.80. The quantitative estimate of drug-likeness (QED) is 0.909. The van der Waals surface area contributed by atoms with E-state index in [0.29, 0.717) is 12.0 Å². The Morgan fingerprint density at radius 2 is 2.45 bits per heavy atom. The number of hydrogen-bond donors (Lipinski definition) is 1. The number of benzene rings is 1. The number of imidazole rings is 1. The van der Waals surface area contributed by atoms with Gasteiger partial charge in [0.1, 0.15) is 0 Å². The smallest absolute Gasteiger partial charge is 0.0949 e. The maximum Gasteiger partial charge on any atom is 0.0949 e. The lowest BCUT2D eigenvalue weighted by atomic mass is 10.0. The zero-order valence-electron chi connectivity index (χ0n) is 11.8. The molecule has 0 bridgehead atoms. The Hall–Kier alpha value is -1.81. The molecule has 1 aliphatic heterocycles. The molecule has 20 heavy (non-hydrogen) atoms. The van der Waals surface area contributed by atoms with Gasteiger partial charge in [-0.1, -0.05) is 12.1 Å². The van der Waals surface area contributed by atoms with Crippen LogP contribution in [0.15, 0.2) is 43.0 Å². The third-order valence-electron chi connectivity index (χ3n) is 3.92. The van der Waals surface area contributed by atoms with Crippen LogP contribution >= 0.6 is 0 Å². The summed E-state index contributed by atoms with van der Waals surface area (Å²) < 4.78 is 7.54. The zero-order chi connectivity index (χ0) is 13.8. The summed E-state index contributed by atoms with van der Waals surface area (Å²) in [5.41, 5.74) is 2.46. The molecule has 1 aromatic carbocycles. The van der Waals surface area contributed by atoms with Gasteiger partial charge in [0.25, 0.3) is 0 Å². The molecule has 2 heterocycles. The highest BCUT2D eigenvalue weighted by Crippen LogP contribution is 2.21. The molecule has 4 nitrogen and oxygen atoms in total. The maximum atomic E-state index is 5.46. The molecule has 0 aliphatic carbocycles. The highest BCUT2D eigenvalue weighted by atomic mass is 16.5. The van der Waals surface area contributed by atoms with Crippen LogP contribution in [0.1, 0.15) is 18.9 Å². The van der Waals surface area contributed by atoms with E-state index in [1.165, 1.54) is 11.3 Å². The van der Waals surface area contributed by atoms with E-state index in [1.807, 2.05) is 18.7 Å². The van der Waals surface area contributed by atoms with Gasteiger partial charge in [0.05, 0.1) is 12.9 Å². The summed E-state index contributed by atoms with van der Waals surface area (Å²) in [4.78, 5) is 4.07. The second kappa shape index (κ2) is 6.09. The molecule has 1 N–H and O–H groups in total. The Morgan fingerprint density at radius 1 is 1.50 bits per heavy atom. The van der Waals surface area contributed by atoms with Gasteiger partial charge in [-0.05, 0) is 31.0 Å². The van der Waals surface area contributed by atoms with Gasteiger partial charge in [0.2, 0.25) is 0 Å². The van der Waals surface area contributed by atoms with Crippen molar-refractivity contribution in [2.75, 3.05) is 18.5 Å². The van der Waals surface area contributed by atoms with Crippen molar-refractivity contribution in [3.8, 4) is 0 Å². The first-order valence-corrected chi connectivity index (χ1v) is 7.20. The van der Waals surface area contributed by atoms with Gasteiger partial charge < -0.3 is 14.6 Å². The Balaban J connectivity index is 1.64. The fraction of sp³-hybridized carbons (Fsp3) is 0.438. The summed E-state index contributed by atoms with van der Waals surface area (Å²) in [6.45, 7) is 4.87. The minimum atomic E-state index is 0.445. The predicted octanol–water partition coefficient (Wildman–Crippen LogP) is 2.77. The fourth-order valence-corrected chi connectivity index (χ4v) is 2.68. The number of nitrogens with zero attached hydrogens (tertiary/aromatic N) is 2. The SMILES string of the molecule is CC(Nc1cccc(Cn2ccnc2)c1)C1CCOC1. The minimum absolute atomic E-state index is 0.445. The van der Waals surface area contributed by atoms with Crippen molar-refractivity contribution < 1.29 is 4.74 Å². The summed E-state index contributed by atoms with van der Waals surface area (Å²) in [5.74, 6) is 0.618. The lowest BCUT2D eigenvalue weighted by Crippen LogP contribution is -2.26. The first kappa shape index (κ1) is 13.2. The summed E-state index contributed by atoms with van der Waals surface area (Å²) >= 11 is 0. The van der Waals surface area contributed by atoms with Crippen molar-refractivity contribution in [3.63, 3.8) is 0 Å². The van der Waals surface area contributed by atoms with Crippen molar-refractivity contribution in [3.05, 3.63) is 48.5 Å². The van der Waals surface area contributed by atoms with E-state index in [-0.39, 0.29) is 0 Å². The van der Waals surface area contributed by atoms with Crippen molar-refractivity contribution in [2.24, 2.45) is 5.92 Å². The number of hydrogen-bond acceptors (Lipinski definition) is 3. The van der Waals surface area contributed by atoms with Crippen LogP contribution in [0.3, 0.4) is 0 Å². The Labute approximate surface area is 119 Å². The highest BCUT2D eigenvalue weighted by molar-refractivity contribution is 5.46. The Morgan fingerprint density at radius 3 is 3.20 bits per heavy atom. The molecule has 1 saturated heterocycles. The number of ether oxygens (including phenoxy) is 1. The standard InChI is InChI=1S/C16H21N3O/c1-13(15-5-8-20-11-15)18-16-4-2-3-14(9-16)10-19-7-6-17-12-19/h2-4,6-7,9,12-13,15,18H,5,8,10-11H2,1H3. The number of anilines is 1. The van der Waals surface area contributed by atoms with Crippen LogP contribution in [0, 0.1) is 5.92 Å². The van der Waals surface area contributed by atoms with Gasteiger partial charge in [-0.25, -0.2) is 4.98 Å². The van der Waals surface area contributed by atoms with Crippen molar-refractivity contribution in [2.45, 2.75) is 25.9 Å². The van der Waals surface area contributed by atoms with E-state index in [2.05, 4.69) is 46.1 Å². The van der Waals surface area contributed by atoms with Crippen molar-refractivity contribution in [1.82, 2.24) is 9.55 Å². The monoisotopic (exact) mass is 271 g/mol. The molecule has 0 radical (unpaired) electrons. The lowest BCUT2D eigenvalue weighted by Gasteiger charge is -2.21. The number of aromatic nitrogens is 2. The molecular weight excluding hydrogens is 250 g/mol. The van der Waals surface area contributed by atoms with E-state index >= 15 is 0 Å². The molecular formula is C16H21N3O. The van der Waals surface area contributed by atoms with Crippen LogP contribution in [0.4, 0.5) is 5.69 Å². The third kappa shape index (κ3) is 3.20. The van der Waals surface area contributed by atoms with Crippen LogP contribution in [0.2, 0.25) is 0 Å². The van der Waals surface area contributed by atoms with Gasteiger partial charge in [0, 0.05) is 43.2 Å². The van der Waals surface area contributed by atoms with E-state index in [4.69, 9.17) is 4.74 Å². The van der Waals surface area contributed by atoms with Gasteiger partial charge in [-0.15, -0.1) is 0 Å². The molecule has 2 unspecified atom stereocenters. The lowest BCUT2D eigenvalue weighted by molar-refractivity contribution is 0.183. The summed E-state index contributed by atoms with van der Waals surface area (Å²) in [6, 6.07) is 9.04. The highest BCUT2D eigenvalue weighted by Gasteiger charge is 2.21. The van der Waals surface area contributed by atoms with Crippen LogP contribution < -0.4 is 5.32 Å². The van der Waals surface area contributed by atoms with E-state index in [9.17, 15) is 0 Å². The second-order valence-corrected chi connectivity index (χ2v) is 5.49. The van der Waals surface area contributed by atoms with Crippen molar-refractivity contribution >= 4 is 5.69 Å². The van der Waals surface area contributed by atoms with E-state index < -0.39 is 0 Å². The van der Waals surface area contributed by atoms with Gasteiger partial charge in [0.15, 0.2) is 0 Å². The van der Waals surface area contributed by atoms with Crippen LogP contribution in [-0.4, -0.2) is 28.8 Å². The molecule has 3 rings (SSSR count).